The van der Waals surface area contributed by atoms with Crippen LogP contribution in [0.3, 0.4) is 0 Å². The zero-order valence-electron chi connectivity index (χ0n) is 21.7. The number of likely N-dealkylation sites (tertiary alicyclic amines) is 1. The molecule has 2 heterocycles. The fourth-order valence-corrected chi connectivity index (χ4v) is 8.39. The monoisotopic (exact) mass is 505 g/mol. The van der Waals surface area contributed by atoms with E-state index in [1.165, 1.54) is 19.3 Å². The van der Waals surface area contributed by atoms with Gasteiger partial charge in [0.1, 0.15) is 12.1 Å². The Kier molecular flexibility index (Phi) is 6.16. The van der Waals surface area contributed by atoms with Crippen LogP contribution in [-0.2, 0) is 9.59 Å². The van der Waals surface area contributed by atoms with Crippen molar-refractivity contribution in [1.29, 1.82) is 0 Å². The minimum atomic E-state index is -0.739. The number of nitrogens with one attached hydrogen (secondary N) is 2. The van der Waals surface area contributed by atoms with Crippen molar-refractivity contribution in [2.45, 2.75) is 62.4 Å². The van der Waals surface area contributed by atoms with Crippen LogP contribution in [0.4, 0.5) is 10.5 Å². The van der Waals surface area contributed by atoms with Crippen molar-refractivity contribution in [2.24, 2.45) is 17.8 Å². The summed E-state index contributed by atoms with van der Waals surface area (Å²) in [6.07, 6.45) is 10.2. The Morgan fingerprint density at radius 1 is 1.00 bits per heavy atom. The summed E-state index contributed by atoms with van der Waals surface area (Å²) in [6.45, 7) is 5.47. The molecular formula is C29H39N5O3. The van der Waals surface area contributed by atoms with E-state index >= 15 is 0 Å². The average molecular weight is 506 g/mol. The van der Waals surface area contributed by atoms with Crippen molar-refractivity contribution in [1.82, 2.24) is 20.4 Å². The fourth-order valence-electron chi connectivity index (χ4n) is 8.39. The summed E-state index contributed by atoms with van der Waals surface area (Å²) >= 11 is 0. The Hall–Kier alpha value is -3.03. The number of piperidine rings is 1. The van der Waals surface area contributed by atoms with Gasteiger partial charge in [-0.2, -0.15) is 0 Å². The summed E-state index contributed by atoms with van der Waals surface area (Å²) in [7, 11) is 0. The van der Waals surface area contributed by atoms with Crippen LogP contribution in [0.2, 0.25) is 0 Å². The minimum absolute atomic E-state index is 0.0180. The van der Waals surface area contributed by atoms with E-state index in [2.05, 4.69) is 22.1 Å². The van der Waals surface area contributed by atoms with Crippen LogP contribution in [0.1, 0.15) is 51.4 Å². The predicted molar refractivity (Wildman–Crippen MR) is 142 cm³/mol. The summed E-state index contributed by atoms with van der Waals surface area (Å²) < 4.78 is 0. The van der Waals surface area contributed by atoms with Gasteiger partial charge in [0, 0.05) is 30.9 Å². The average Bonchev–Trinajstić information content (AvgIpc) is 3.13. The van der Waals surface area contributed by atoms with Crippen LogP contribution in [0.25, 0.3) is 0 Å². The van der Waals surface area contributed by atoms with Crippen molar-refractivity contribution in [3.05, 3.63) is 43.0 Å². The highest BCUT2D eigenvalue weighted by atomic mass is 16.2. The largest absolute Gasteiger partial charge is 0.351 e. The van der Waals surface area contributed by atoms with Crippen molar-refractivity contribution >= 4 is 23.5 Å². The highest BCUT2D eigenvalue weighted by Gasteiger charge is 2.55. The van der Waals surface area contributed by atoms with Crippen molar-refractivity contribution in [2.75, 3.05) is 37.7 Å². The van der Waals surface area contributed by atoms with E-state index in [-0.39, 0.29) is 29.9 Å². The molecular weight excluding hydrogens is 466 g/mol. The summed E-state index contributed by atoms with van der Waals surface area (Å²) in [6, 6.07) is 9.98. The number of amides is 4. The molecule has 37 heavy (non-hydrogen) atoms. The normalized spacial score (nSPS) is 31.6. The number of urea groups is 1. The van der Waals surface area contributed by atoms with Crippen molar-refractivity contribution < 1.29 is 14.4 Å². The summed E-state index contributed by atoms with van der Waals surface area (Å²) in [5.74, 6) is 2.13. The first-order chi connectivity index (χ1) is 17.9. The zero-order valence-corrected chi connectivity index (χ0v) is 21.7. The quantitative estimate of drug-likeness (QED) is 0.582. The molecule has 0 unspecified atom stereocenters. The lowest BCUT2D eigenvalue weighted by molar-refractivity contribution is -0.137. The van der Waals surface area contributed by atoms with Gasteiger partial charge in [-0.05, 0) is 81.3 Å². The Morgan fingerprint density at radius 3 is 2.22 bits per heavy atom. The van der Waals surface area contributed by atoms with Gasteiger partial charge in [0.05, 0.1) is 6.67 Å². The van der Waals surface area contributed by atoms with Crippen molar-refractivity contribution in [3.63, 3.8) is 0 Å². The molecule has 4 aliphatic carbocycles. The standard InChI is InChI=1S/C29H39N5O3/c1-2-10-30-25(35)19-33-20-34(24-6-4-3-5-7-24)29(26(33)36)8-11-32(12-9-29)27(37)31-28-16-21-13-22(17-28)15-23(14-21)18-28/h2-7,21-23H,1,8-20H2,(H,30,35)(H,31,37). The number of carbonyl (C=O) groups is 3. The Labute approximate surface area is 219 Å². The Balaban J connectivity index is 1.15. The zero-order chi connectivity index (χ0) is 25.6. The summed E-state index contributed by atoms with van der Waals surface area (Å²) in [5.41, 5.74) is 0.212. The minimum Gasteiger partial charge on any atom is -0.351 e. The third kappa shape index (κ3) is 4.38. The van der Waals surface area contributed by atoms with Crippen LogP contribution >= 0.6 is 0 Å². The van der Waals surface area contributed by atoms with Gasteiger partial charge < -0.3 is 25.3 Å². The number of carbonyl (C=O) groups excluding carboxylic acids is 3. The molecule has 2 aliphatic heterocycles. The van der Waals surface area contributed by atoms with Gasteiger partial charge >= 0.3 is 6.03 Å². The first-order valence-electron chi connectivity index (χ1n) is 14.0. The molecule has 4 bridgehead atoms. The SMILES string of the molecule is C=CCNC(=O)CN1CN(c2ccccc2)C2(CCN(C(=O)NC34CC5CC(CC(C5)C3)C4)CC2)C1=O. The molecule has 6 fully saturated rings. The van der Waals surface area contributed by atoms with Gasteiger partial charge in [0.2, 0.25) is 5.91 Å². The van der Waals surface area contributed by atoms with Crippen LogP contribution in [0.5, 0.6) is 0 Å². The lowest BCUT2D eigenvalue weighted by Gasteiger charge is -2.57. The van der Waals surface area contributed by atoms with E-state index in [0.29, 0.717) is 39.1 Å². The number of rotatable bonds is 6. The smallest absolute Gasteiger partial charge is 0.317 e. The molecule has 0 aromatic heterocycles. The summed E-state index contributed by atoms with van der Waals surface area (Å²) in [4.78, 5) is 45.4. The van der Waals surface area contributed by atoms with Crippen LogP contribution in [-0.4, -0.2) is 71.6 Å². The van der Waals surface area contributed by atoms with Gasteiger partial charge in [0.25, 0.3) is 5.91 Å². The summed E-state index contributed by atoms with van der Waals surface area (Å²) in [5, 5.41) is 6.28. The van der Waals surface area contributed by atoms with Gasteiger partial charge in [0.15, 0.2) is 0 Å². The molecule has 7 rings (SSSR count). The van der Waals surface area contributed by atoms with Gasteiger partial charge in [-0.1, -0.05) is 24.3 Å². The highest BCUT2D eigenvalue weighted by Crippen LogP contribution is 2.55. The van der Waals surface area contributed by atoms with E-state index in [1.807, 2.05) is 35.2 Å². The van der Waals surface area contributed by atoms with Gasteiger partial charge in [-0.15, -0.1) is 6.58 Å². The molecule has 0 atom stereocenters. The number of anilines is 1. The van der Waals surface area contributed by atoms with Crippen LogP contribution < -0.4 is 15.5 Å². The first-order valence-corrected chi connectivity index (χ1v) is 14.0. The fraction of sp³-hybridized carbons (Fsp3) is 0.621. The van der Waals surface area contributed by atoms with E-state index < -0.39 is 5.54 Å². The van der Waals surface area contributed by atoms with Crippen LogP contribution in [0, 0.1) is 17.8 Å². The van der Waals surface area contributed by atoms with E-state index in [4.69, 9.17) is 0 Å². The van der Waals surface area contributed by atoms with E-state index in [0.717, 1.165) is 42.7 Å². The molecule has 4 amide bonds. The van der Waals surface area contributed by atoms with Crippen molar-refractivity contribution in [3.8, 4) is 0 Å². The molecule has 1 aromatic rings. The molecule has 1 aromatic carbocycles. The number of hydrogen-bond acceptors (Lipinski definition) is 4. The lowest BCUT2D eigenvalue weighted by atomic mass is 9.53. The third-order valence-corrected chi connectivity index (χ3v) is 9.65. The molecule has 198 valence electrons. The number of nitrogens with zero attached hydrogens (tertiary/aromatic N) is 3. The Bertz CT molecular complexity index is 1030. The third-order valence-electron chi connectivity index (χ3n) is 9.65. The topological polar surface area (TPSA) is 85.0 Å². The molecule has 2 saturated heterocycles. The van der Waals surface area contributed by atoms with E-state index in [1.54, 1.807) is 11.0 Å². The van der Waals surface area contributed by atoms with E-state index in [9.17, 15) is 14.4 Å². The maximum atomic E-state index is 13.8. The molecule has 0 radical (unpaired) electrons. The molecule has 6 aliphatic rings. The highest BCUT2D eigenvalue weighted by molar-refractivity contribution is 5.96. The molecule has 2 N–H and O–H groups in total. The molecule has 1 spiro atoms. The number of benzene rings is 1. The maximum absolute atomic E-state index is 13.8. The lowest BCUT2D eigenvalue weighted by Crippen LogP contribution is -2.64. The second kappa shape index (κ2) is 9.37. The maximum Gasteiger partial charge on any atom is 0.317 e. The second-order valence-corrected chi connectivity index (χ2v) is 12.1. The molecule has 8 heteroatoms. The predicted octanol–water partition coefficient (Wildman–Crippen LogP) is 3.11. The molecule has 8 nitrogen and oxygen atoms in total. The number of hydrogen-bond donors (Lipinski definition) is 2. The Morgan fingerprint density at radius 2 is 1.62 bits per heavy atom. The number of para-hydroxylation sites is 1. The second-order valence-electron chi connectivity index (χ2n) is 12.1. The van der Waals surface area contributed by atoms with Gasteiger partial charge in [-0.3, -0.25) is 9.59 Å². The molecule has 4 saturated carbocycles. The first kappa shape index (κ1) is 24.3. The van der Waals surface area contributed by atoms with Gasteiger partial charge in [-0.25, -0.2) is 4.79 Å². The van der Waals surface area contributed by atoms with Crippen LogP contribution in [0.15, 0.2) is 43.0 Å².